The number of carbonyl (C=O) groups is 1. The van der Waals surface area contributed by atoms with Crippen LogP contribution in [0.4, 0.5) is 19.5 Å². The highest BCUT2D eigenvalue weighted by molar-refractivity contribution is 5.87. The average Bonchev–Trinajstić information content (AvgIpc) is 3.20. The lowest BCUT2D eigenvalue weighted by molar-refractivity contribution is -0.287. The highest BCUT2D eigenvalue weighted by Crippen LogP contribution is 2.59. The van der Waals surface area contributed by atoms with Crippen molar-refractivity contribution in [2.45, 2.75) is 37.9 Å². The number of carbonyl (C=O) groups excluding carboxylic acids is 1. The van der Waals surface area contributed by atoms with Crippen molar-refractivity contribution in [3.8, 4) is 11.5 Å². The van der Waals surface area contributed by atoms with Gasteiger partial charge in [-0.15, -0.1) is 8.78 Å². The first-order valence-corrected chi connectivity index (χ1v) is 9.51. The summed E-state index contributed by atoms with van der Waals surface area (Å²) in [6, 6.07) is 4.83. The Kier molecular flexibility index (Phi) is 3.90. The molecule has 1 spiro atoms. The third kappa shape index (κ3) is 3.14. The molecule has 1 aliphatic carbocycles. The second-order valence-corrected chi connectivity index (χ2v) is 7.99. The second-order valence-electron chi connectivity index (χ2n) is 7.99. The van der Waals surface area contributed by atoms with Crippen LogP contribution in [-0.4, -0.2) is 50.5 Å². The van der Waals surface area contributed by atoms with E-state index >= 15 is 0 Å². The molecule has 2 fully saturated rings. The quantitative estimate of drug-likeness (QED) is 0.824. The van der Waals surface area contributed by atoms with Gasteiger partial charge in [0.2, 0.25) is 0 Å². The van der Waals surface area contributed by atoms with E-state index < -0.39 is 6.29 Å². The number of likely N-dealkylation sites (tertiary alicyclic amines) is 1. The number of rotatable bonds is 2. The minimum atomic E-state index is -3.60. The summed E-state index contributed by atoms with van der Waals surface area (Å²) in [4.78, 5) is 14.2. The van der Waals surface area contributed by atoms with Gasteiger partial charge in [-0.25, -0.2) is 9.48 Å². The minimum absolute atomic E-state index is 0.0956. The zero-order valence-corrected chi connectivity index (χ0v) is 15.8. The number of anilines is 1. The van der Waals surface area contributed by atoms with Crippen LogP contribution < -0.4 is 14.8 Å². The van der Waals surface area contributed by atoms with Gasteiger partial charge in [0.15, 0.2) is 11.5 Å². The van der Waals surface area contributed by atoms with Gasteiger partial charge in [0, 0.05) is 25.7 Å². The first-order chi connectivity index (χ1) is 13.8. The maximum Gasteiger partial charge on any atom is 0.586 e. The van der Waals surface area contributed by atoms with Crippen LogP contribution in [0, 0.1) is 5.41 Å². The molecule has 29 heavy (non-hydrogen) atoms. The van der Waals surface area contributed by atoms with Crippen molar-refractivity contribution in [3.63, 3.8) is 0 Å². The van der Waals surface area contributed by atoms with Gasteiger partial charge < -0.3 is 14.4 Å². The number of benzene rings is 1. The third-order valence-corrected chi connectivity index (χ3v) is 6.21. The Morgan fingerprint density at radius 2 is 2.00 bits per heavy atom. The fraction of sp³-hybridized carbons (Fsp3) is 0.556. The lowest BCUT2D eigenvalue weighted by Gasteiger charge is -2.52. The Morgan fingerprint density at radius 1 is 1.24 bits per heavy atom. The number of fused-ring (bicyclic) bond motifs is 1. The molecule has 3 aliphatic rings. The van der Waals surface area contributed by atoms with E-state index in [9.17, 15) is 13.6 Å². The number of nitrogens with one attached hydrogen (secondary N) is 1. The molecule has 2 aliphatic heterocycles. The van der Waals surface area contributed by atoms with E-state index in [0.717, 1.165) is 31.2 Å². The number of halogens is 2. The summed E-state index contributed by atoms with van der Waals surface area (Å²) < 4.78 is 37.5. The van der Waals surface area contributed by atoms with E-state index in [1.54, 1.807) is 18.0 Å². The Labute approximate surface area is 164 Å². The molecule has 1 N–H and O–H groups in total. The summed E-state index contributed by atoms with van der Waals surface area (Å²) in [5, 5.41) is 13.6. The highest BCUT2D eigenvalue weighted by Gasteiger charge is 2.50. The molecular formula is C18H20F2N6O3. The summed E-state index contributed by atoms with van der Waals surface area (Å²) in [6.45, 7) is 1.27. The van der Waals surface area contributed by atoms with Crippen LogP contribution >= 0.6 is 0 Å². The largest absolute Gasteiger partial charge is 0.586 e. The molecule has 11 heteroatoms. The van der Waals surface area contributed by atoms with Gasteiger partial charge in [-0.1, -0.05) is 17.2 Å². The van der Waals surface area contributed by atoms with E-state index in [0.29, 0.717) is 19.0 Å². The van der Waals surface area contributed by atoms with Crippen LogP contribution in [0.25, 0.3) is 0 Å². The van der Waals surface area contributed by atoms with Crippen LogP contribution in [0.15, 0.2) is 18.2 Å². The number of nitrogens with zero attached hydrogens (tertiary/aromatic N) is 5. The van der Waals surface area contributed by atoms with Gasteiger partial charge in [0.25, 0.3) is 5.95 Å². The van der Waals surface area contributed by atoms with Gasteiger partial charge in [0.1, 0.15) is 0 Å². The average molecular weight is 406 g/mol. The van der Waals surface area contributed by atoms with Crippen LogP contribution in [-0.2, 0) is 7.05 Å². The van der Waals surface area contributed by atoms with E-state index in [4.69, 9.17) is 4.74 Å². The molecule has 0 atom stereocenters. The van der Waals surface area contributed by atoms with Gasteiger partial charge in [-0.05, 0) is 53.5 Å². The summed E-state index contributed by atoms with van der Waals surface area (Å²) in [6.07, 6.45) is -0.0774. The summed E-state index contributed by atoms with van der Waals surface area (Å²) in [5.41, 5.74) is 0.915. The number of para-hydroxylation sites is 1. The Bertz CT molecular complexity index is 949. The summed E-state index contributed by atoms with van der Waals surface area (Å²) in [7, 11) is 1.65. The maximum absolute atomic E-state index is 13.4. The van der Waals surface area contributed by atoms with Crippen molar-refractivity contribution < 1.29 is 23.0 Å². The molecule has 2 amide bonds. The molecular weight excluding hydrogens is 386 g/mol. The van der Waals surface area contributed by atoms with E-state index in [2.05, 4.69) is 25.6 Å². The molecule has 1 saturated heterocycles. The first-order valence-electron chi connectivity index (χ1n) is 9.51. The monoisotopic (exact) mass is 406 g/mol. The zero-order valence-electron chi connectivity index (χ0n) is 15.8. The number of aromatic nitrogens is 4. The van der Waals surface area contributed by atoms with Gasteiger partial charge in [-0.2, -0.15) is 0 Å². The number of piperidine rings is 1. The molecule has 0 radical (unpaired) electrons. The lowest BCUT2D eigenvalue weighted by Crippen LogP contribution is -2.49. The lowest BCUT2D eigenvalue weighted by atomic mass is 9.56. The summed E-state index contributed by atoms with van der Waals surface area (Å²) >= 11 is 0. The molecule has 1 aromatic heterocycles. The second kappa shape index (κ2) is 6.26. The molecule has 1 aromatic carbocycles. The number of hydrogen-bond acceptors (Lipinski definition) is 6. The molecule has 9 nitrogen and oxygen atoms in total. The zero-order chi connectivity index (χ0) is 20.2. The number of ether oxygens (including phenoxy) is 2. The molecule has 0 bridgehead atoms. The number of tetrazole rings is 1. The SMILES string of the molecule is Cn1nnnc1NC(=O)N1CCC2(CC1)CC(c1cccc3c1OC(F)(F)O3)C2. The van der Waals surface area contributed by atoms with Gasteiger partial charge in [-0.3, -0.25) is 5.32 Å². The number of alkyl halides is 2. The molecule has 154 valence electrons. The van der Waals surface area contributed by atoms with Crippen LogP contribution in [0.1, 0.15) is 37.2 Å². The fourth-order valence-electron chi connectivity index (χ4n) is 4.62. The molecule has 0 unspecified atom stereocenters. The topological polar surface area (TPSA) is 94.4 Å². The molecule has 5 rings (SSSR count). The van der Waals surface area contributed by atoms with Crippen molar-refractivity contribution in [2.75, 3.05) is 18.4 Å². The first kappa shape index (κ1) is 18.1. The maximum atomic E-state index is 13.4. The Hall–Kier alpha value is -2.98. The molecule has 2 aromatic rings. The van der Waals surface area contributed by atoms with Crippen LogP contribution in [0.5, 0.6) is 11.5 Å². The smallest absolute Gasteiger partial charge is 0.395 e. The van der Waals surface area contributed by atoms with Gasteiger partial charge >= 0.3 is 12.3 Å². The van der Waals surface area contributed by atoms with E-state index in [1.165, 1.54) is 10.7 Å². The number of amides is 2. The Balaban J connectivity index is 1.19. The van der Waals surface area contributed by atoms with Crippen LogP contribution in [0.3, 0.4) is 0 Å². The predicted molar refractivity (Wildman–Crippen MR) is 95.7 cm³/mol. The fourth-order valence-corrected chi connectivity index (χ4v) is 4.62. The van der Waals surface area contributed by atoms with Crippen molar-refractivity contribution in [1.82, 2.24) is 25.1 Å². The molecule has 3 heterocycles. The third-order valence-electron chi connectivity index (χ3n) is 6.21. The number of hydrogen-bond donors (Lipinski definition) is 1. The normalized spacial score (nSPS) is 21.8. The van der Waals surface area contributed by atoms with Crippen molar-refractivity contribution in [2.24, 2.45) is 12.5 Å². The predicted octanol–water partition coefficient (Wildman–Crippen LogP) is 2.72. The minimum Gasteiger partial charge on any atom is -0.395 e. The van der Waals surface area contributed by atoms with E-state index in [-0.39, 0.29) is 28.9 Å². The Morgan fingerprint density at radius 3 is 2.69 bits per heavy atom. The summed E-state index contributed by atoms with van der Waals surface area (Å²) in [5.74, 6) is 0.716. The van der Waals surface area contributed by atoms with Crippen molar-refractivity contribution in [3.05, 3.63) is 23.8 Å². The van der Waals surface area contributed by atoms with E-state index in [1.807, 2.05) is 6.07 Å². The standard InChI is InChI=1S/C18H20F2N6O3/c1-25-15(22-23-24-25)21-16(27)26-7-5-17(6-8-26)9-11(10-17)12-3-2-4-13-14(12)29-18(19,20)28-13/h2-4,11H,5-10H2,1H3,(H,21,22,24,27). The number of aryl methyl sites for hydroxylation is 1. The highest BCUT2D eigenvalue weighted by atomic mass is 19.3. The van der Waals surface area contributed by atoms with Crippen molar-refractivity contribution in [1.29, 1.82) is 0 Å². The van der Waals surface area contributed by atoms with Crippen molar-refractivity contribution >= 4 is 12.0 Å². The van der Waals surface area contributed by atoms with Gasteiger partial charge in [0.05, 0.1) is 0 Å². The van der Waals surface area contributed by atoms with Crippen LogP contribution in [0.2, 0.25) is 0 Å². The molecule has 1 saturated carbocycles. The number of urea groups is 1.